The summed E-state index contributed by atoms with van der Waals surface area (Å²) in [6.45, 7) is 2.33. The zero-order valence-electron chi connectivity index (χ0n) is 19.4. The van der Waals surface area contributed by atoms with E-state index in [9.17, 15) is 0 Å². The van der Waals surface area contributed by atoms with E-state index in [1.54, 1.807) is 7.11 Å². The molecule has 2 fully saturated rings. The highest BCUT2D eigenvalue weighted by Crippen LogP contribution is 2.37. The number of rotatable bonds is 8. The second kappa shape index (κ2) is 12.9. The van der Waals surface area contributed by atoms with Crippen molar-refractivity contribution >= 4 is 0 Å². The van der Waals surface area contributed by atoms with Gasteiger partial charge in [-0.25, -0.2) is 0 Å². The summed E-state index contributed by atoms with van der Waals surface area (Å²) in [6.07, 6.45) is 23.3. The standard InChI is InChI=1S/C29H42O/c1-3-4-7-24-10-14-27(15-11-24)18-19-28-16-12-25(13-17-28)8-5-6-9-26-20-22-29(30-2)23-21-26/h5,8,20-25,27-28H,3-4,7,10-19H2,1-2H3/t24-,25-,27-,28-. The quantitative estimate of drug-likeness (QED) is 0.395. The monoisotopic (exact) mass is 406 g/mol. The number of unbranched alkanes of at least 4 members (excludes halogenated alkanes) is 1. The molecule has 1 aromatic carbocycles. The van der Waals surface area contributed by atoms with Gasteiger partial charge in [-0.2, -0.15) is 0 Å². The first-order chi connectivity index (χ1) is 14.8. The molecule has 0 saturated heterocycles. The van der Waals surface area contributed by atoms with Gasteiger partial charge in [-0.3, -0.25) is 0 Å². The van der Waals surface area contributed by atoms with E-state index in [2.05, 4.69) is 30.9 Å². The van der Waals surface area contributed by atoms with E-state index >= 15 is 0 Å². The van der Waals surface area contributed by atoms with Crippen LogP contribution in [0.1, 0.15) is 96.0 Å². The summed E-state index contributed by atoms with van der Waals surface area (Å²) in [5, 5.41) is 0. The molecule has 0 aromatic heterocycles. The molecule has 1 nitrogen and oxygen atoms in total. The van der Waals surface area contributed by atoms with E-state index in [0.29, 0.717) is 0 Å². The number of ether oxygens (including phenoxy) is 1. The highest BCUT2D eigenvalue weighted by molar-refractivity contribution is 5.40. The van der Waals surface area contributed by atoms with Gasteiger partial charge in [0.2, 0.25) is 0 Å². The summed E-state index contributed by atoms with van der Waals surface area (Å²) in [6, 6.07) is 7.96. The third-order valence-corrected chi connectivity index (χ3v) is 7.57. The first-order valence-electron chi connectivity index (χ1n) is 12.6. The molecule has 2 aliphatic rings. The molecule has 0 heterocycles. The Morgan fingerprint density at radius 1 is 0.833 bits per heavy atom. The van der Waals surface area contributed by atoms with Gasteiger partial charge in [-0.1, -0.05) is 82.6 Å². The van der Waals surface area contributed by atoms with Gasteiger partial charge in [0.15, 0.2) is 0 Å². The van der Waals surface area contributed by atoms with Crippen LogP contribution in [0.2, 0.25) is 0 Å². The molecule has 0 spiro atoms. The van der Waals surface area contributed by atoms with Crippen molar-refractivity contribution < 1.29 is 4.74 Å². The van der Waals surface area contributed by atoms with Gasteiger partial charge in [0.05, 0.1) is 7.11 Å². The Bertz CT molecular complexity index is 673. The Balaban J connectivity index is 1.29. The molecule has 0 amide bonds. The Morgan fingerprint density at radius 2 is 1.40 bits per heavy atom. The van der Waals surface area contributed by atoms with Crippen molar-refractivity contribution in [2.75, 3.05) is 7.11 Å². The van der Waals surface area contributed by atoms with Crippen molar-refractivity contribution in [3.8, 4) is 17.6 Å². The Hall–Kier alpha value is -1.68. The summed E-state index contributed by atoms with van der Waals surface area (Å²) in [7, 11) is 1.69. The van der Waals surface area contributed by atoms with Gasteiger partial charge in [0.1, 0.15) is 5.75 Å². The Labute approximate surface area is 185 Å². The van der Waals surface area contributed by atoms with E-state index in [1.807, 2.05) is 24.3 Å². The number of hydrogen-bond acceptors (Lipinski definition) is 1. The summed E-state index contributed by atoms with van der Waals surface area (Å²) in [5.74, 6) is 11.1. The normalized spacial score (nSPS) is 26.9. The minimum absolute atomic E-state index is 0.737. The van der Waals surface area contributed by atoms with E-state index in [0.717, 1.165) is 35.0 Å². The van der Waals surface area contributed by atoms with E-state index in [-0.39, 0.29) is 0 Å². The van der Waals surface area contributed by atoms with Crippen molar-refractivity contribution in [3.05, 3.63) is 42.0 Å². The maximum absolute atomic E-state index is 5.19. The van der Waals surface area contributed by atoms with Crippen LogP contribution in [-0.4, -0.2) is 7.11 Å². The highest BCUT2D eigenvalue weighted by Gasteiger charge is 2.23. The Kier molecular flexibility index (Phi) is 9.88. The van der Waals surface area contributed by atoms with Crippen LogP contribution >= 0.6 is 0 Å². The topological polar surface area (TPSA) is 9.23 Å². The minimum atomic E-state index is 0.737. The zero-order valence-corrected chi connectivity index (χ0v) is 19.4. The molecule has 1 heteroatoms. The summed E-state index contributed by atoms with van der Waals surface area (Å²) in [4.78, 5) is 0. The van der Waals surface area contributed by atoms with Crippen molar-refractivity contribution in [1.29, 1.82) is 0 Å². The summed E-state index contributed by atoms with van der Waals surface area (Å²) >= 11 is 0. The third-order valence-electron chi connectivity index (χ3n) is 7.57. The molecule has 2 saturated carbocycles. The second-order valence-electron chi connectivity index (χ2n) is 9.74. The van der Waals surface area contributed by atoms with Crippen LogP contribution in [0, 0.1) is 35.5 Å². The smallest absolute Gasteiger partial charge is 0.118 e. The average Bonchev–Trinajstić information content (AvgIpc) is 2.81. The molecule has 164 valence electrons. The first-order valence-corrected chi connectivity index (χ1v) is 12.6. The molecule has 0 aliphatic heterocycles. The molecule has 3 rings (SSSR count). The van der Waals surface area contributed by atoms with E-state index < -0.39 is 0 Å². The molecular formula is C29H42O. The van der Waals surface area contributed by atoms with Crippen LogP contribution in [0.3, 0.4) is 0 Å². The minimum Gasteiger partial charge on any atom is -0.497 e. The molecule has 2 aliphatic carbocycles. The van der Waals surface area contributed by atoms with Gasteiger partial charge in [-0.05, 0) is 79.7 Å². The number of benzene rings is 1. The van der Waals surface area contributed by atoms with Crippen molar-refractivity contribution in [3.63, 3.8) is 0 Å². The fourth-order valence-electron chi connectivity index (χ4n) is 5.43. The largest absolute Gasteiger partial charge is 0.497 e. The van der Waals surface area contributed by atoms with Gasteiger partial charge < -0.3 is 4.74 Å². The molecule has 0 atom stereocenters. The van der Waals surface area contributed by atoms with Crippen LogP contribution in [0.25, 0.3) is 0 Å². The van der Waals surface area contributed by atoms with Gasteiger partial charge >= 0.3 is 0 Å². The lowest BCUT2D eigenvalue weighted by atomic mass is 9.75. The maximum Gasteiger partial charge on any atom is 0.118 e. The maximum atomic E-state index is 5.19. The number of allylic oxidation sites excluding steroid dienone is 2. The molecule has 0 N–H and O–H groups in total. The van der Waals surface area contributed by atoms with Crippen molar-refractivity contribution in [2.45, 2.75) is 90.4 Å². The third kappa shape index (κ3) is 7.86. The van der Waals surface area contributed by atoms with Crippen LogP contribution in [0.15, 0.2) is 36.4 Å². The molecular weight excluding hydrogens is 364 g/mol. The summed E-state index contributed by atoms with van der Waals surface area (Å²) < 4.78 is 5.19. The van der Waals surface area contributed by atoms with Crippen molar-refractivity contribution in [1.82, 2.24) is 0 Å². The van der Waals surface area contributed by atoms with Crippen LogP contribution < -0.4 is 4.74 Å². The van der Waals surface area contributed by atoms with Gasteiger partial charge in [0.25, 0.3) is 0 Å². The number of methoxy groups -OCH3 is 1. The SMILES string of the molecule is CCCC[C@H]1CC[C@H](CC[C@H]2CC[C@H](C=CC#Cc3ccc(OC)cc3)CC2)CC1. The zero-order chi connectivity index (χ0) is 21.0. The van der Waals surface area contributed by atoms with E-state index in [4.69, 9.17) is 4.74 Å². The van der Waals surface area contributed by atoms with Crippen LogP contribution in [0.4, 0.5) is 0 Å². The number of hydrogen-bond donors (Lipinski definition) is 0. The van der Waals surface area contributed by atoms with Crippen LogP contribution in [0.5, 0.6) is 5.75 Å². The lowest BCUT2D eigenvalue weighted by molar-refractivity contribution is 0.220. The fourth-order valence-corrected chi connectivity index (χ4v) is 5.43. The first kappa shape index (κ1) is 23.0. The van der Waals surface area contributed by atoms with Crippen LogP contribution in [-0.2, 0) is 0 Å². The van der Waals surface area contributed by atoms with Gasteiger partial charge in [-0.15, -0.1) is 0 Å². The molecule has 1 aromatic rings. The highest BCUT2D eigenvalue weighted by atomic mass is 16.5. The van der Waals surface area contributed by atoms with Gasteiger partial charge in [0, 0.05) is 5.56 Å². The second-order valence-corrected chi connectivity index (χ2v) is 9.74. The molecule has 30 heavy (non-hydrogen) atoms. The van der Waals surface area contributed by atoms with E-state index in [1.165, 1.54) is 83.5 Å². The lowest BCUT2D eigenvalue weighted by Gasteiger charge is -2.31. The molecule has 0 unspecified atom stereocenters. The predicted molar refractivity (Wildman–Crippen MR) is 129 cm³/mol. The fraction of sp³-hybridized carbons (Fsp3) is 0.655. The lowest BCUT2D eigenvalue weighted by Crippen LogP contribution is -2.17. The predicted octanol–water partition coefficient (Wildman–Crippen LogP) is 8.19. The molecule has 0 bridgehead atoms. The molecule has 0 radical (unpaired) electrons. The Morgan fingerprint density at radius 3 is 1.97 bits per heavy atom. The summed E-state index contributed by atoms with van der Waals surface area (Å²) in [5.41, 5.74) is 1.04. The van der Waals surface area contributed by atoms with Crippen molar-refractivity contribution in [2.24, 2.45) is 23.7 Å². The average molecular weight is 407 g/mol.